The summed E-state index contributed by atoms with van der Waals surface area (Å²) >= 11 is 0. The standard InChI is InChI=1S/C17H16F3N5O2/c1-9(2)27-16-6-4-14-23-22-13(25(14)24-16)3-5-15(26)21-10-7-11(18)17(20)12(19)8-10/h4,6-9H,3,5H2,1-2H3,(H,21,26). The van der Waals surface area contributed by atoms with Gasteiger partial charge in [0, 0.05) is 36.7 Å². The maximum Gasteiger partial charge on any atom is 0.232 e. The van der Waals surface area contributed by atoms with Gasteiger partial charge in [-0.1, -0.05) is 0 Å². The lowest BCUT2D eigenvalue weighted by molar-refractivity contribution is -0.116. The van der Waals surface area contributed by atoms with Gasteiger partial charge >= 0.3 is 0 Å². The molecule has 0 saturated heterocycles. The van der Waals surface area contributed by atoms with E-state index in [-0.39, 0.29) is 24.6 Å². The number of benzene rings is 1. The topological polar surface area (TPSA) is 81.4 Å². The molecule has 3 aromatic rings. The van der Waals surface area contributed by atoms with Crippen molar-refractivity contribution in [1.82, 2.24) is 19.8 Å². The third-order valence-electron chi connectivity index (χ3n) is 3.50. The number of carbonyl (C=O) groups is 1. The van der Waals surface area contributed by atoms with Crippen molar-refractivity contribution in [3.63, 3.8) is 0 Å². The molecule has 0 saturated carbocycles. The number of rotatable bonds is 6. The van der Waals surface area contributed by atoms with E-state index in [0.29, 0.717) is 29.5 Å². The minimum absolute atomic E-state index is 0.0433. The van der Waals surface area contributed by atoms with E-state index in [1.54, 1.807) is 12.1 Å². The van der Waals surface area contributed by atoms with Gasteiger partial charge in [0.1, 0.15) is 0 Å². The average Bonchev–Trinajstić information content (AvgIpc) is 2.99. The number of nitrogens with one attached hydrogen (secondary N) is 1. The van der Waals surface area contributed by atoms with Gasteiger partial charge in [-0.2, -0.15) is 4.52 Å². The number of anilines is 1. The molecular weight excluding hydrogens is 363 g/mol. The quantitative estimate of drug-likeness (QED) is 0.666. The molecule has 142 valence electrons. The lowest BCUT2D eigenvalue weighted by atomic mass is 10.2. The molecule has 0 radical (unpaired) electrons. The SMILES string of the molecule is CC(C)Oc1ccc2nnc(CCC(=O)Nc3cc(F)c(F)c(F)c3)n2n1. The Bertz CT molecular complexity index is 967. The molecule has 0 spiro atoms. The number of hydrogen-bond acceptors (Lipinski definition) is 5. The fourth-order valence-electron chi connectivity index (χ4n) is 2.35. The fourth-order valence-corrected chi connectivity index (χ4v) is 2.35. The van der Waals surface area contributed by atoms with Crippen LogP contribution in [0.1, 0.15) is 26.1 Å². The smallest absolute Gasteiger partial charge is 0.232 e. The molecule has 1 N–H and O–H groups in total. The summed E-state index contributed by atoms with van der Waals surface area (Å²) in [5.74, 6) is -4.06. The van der Waals surface area contributed by atoms with Crippen LogP contribution >= 0.6 is 0 Å². The third-order valence-corrected chi connectivity index (χ3v) is 3.50. The Morgan fingerprint density at radius 2 is 1.89 bits per heavy atom. The zero-order valence-electron chi connectivity index (χ0n) is 14.5. The van der Waals surface area contributed by atoms with Crippen molar-refractivity contribution in [2.45, 2.75) is 32.8 Å². The molecule has 2 aromatic heterocycles. The maximum absolute atomic E-state index is 13.2. The second-order valence-corrected chi connectivity index (χ2v) is 6.03. The third kappa shape index (κ3) is 4.33. The largest absolute Gasteiger partial charge is 0.474 e. The average molecular weight is 379 g/mol. The molecule has 0 fully saturated rings. The molecule has 0 aliphatic rings. The number of nitrogens with zero attached hydrogens (tertiary/aromatic N) is 4. The summed E-state index contributed by atoms with van der Waals surface area (Å²) in [5.41, 5.74) is 0.317. The number of fused-ring (bicyclic) bond motifs is 1. The summed E-state index contributed by atoms with van der Waals surface area (Å²) in [6, 6.07) is 4.77. The Balaban J connectivity index is 1.68. The molecule has 27 heavy (non-hydrogen) atoms. The first-order valence-electron chi connectivity index (χ1n) is 8.16. The number of amides is 1. The first-order valence-corrected chi connectivity index (χ1v) is 8.16. The van der Waals surface area contributed by atoms with Crippen LogP contribution in [0.2, 0.25) is 0 Å². The molecular formula is C17H16F3N5O2. The monoisotopic (exact) mass is 379 g/mol. The molecule has 7 nitrogen and oxygen atoms in total. The predicted molar refractivity (Wildman–Crippen MR) is 89.8 cm³/mol. The van der Waals surface area contributed by atoms with Gasteiger partial charge in [0.05, 0.1) is 6.10 Å². The van der Waals surface area contributed by atoms with Gasteiger partial charge in [-0.3, -0.25) is 4.79 Å². The Morgan fingerprint density at radius 3 is 2.56 bits per heavy atom. The molecule has 0 atom stereocenters. The molecule has 0 aliphatic heterocycles. The van der Waals surface area contributed by atoms with Crippen molar-refractivity contribution in [1.29, 1.82) is 0 Å². The predicted octanol–water partition coefficient (Wildman–Crippen LogP) is 2.90. The van der Waals surface area contributed by atoms with Crippen LogP contribution in [0.4, 0.5) is 18.9 Å². The van der Waals surface area contributed by atoms with Crippen LogP contribution in [-0.4, -0.2) is 31.8 Å². The van der Waals surface area contributed by atoms with Crippen LogP contribution in [0.25, 0.3) is 5.65 Å². The second-order valence-electron chi connectivity index (χ2n) is 6.03. The van der Waals surface area contributed by atoms with Crippen LogP contribution in [0.5, 0.6) is 5.88 Å². The zero-order chi connectivity index (χ0) is 19.6. The van der Waals surface area contributed by atoms with Crippen molar-refractivity contribution in [2.75, 3.05) is 5.32 Å². The van der Waals surface area contributed by atoms with Crippen LogP contribution in [0.15, 0.2) is 24.3 Å². The lowest BCUT2D eigenvalue weighted by Crippen LogP contribution is -2.14. The van der Waals surface area contributed by atoms with Crippen molar-refractivity contribution < 1.29 is 22.7 Å². The highest BCUT2D eigenvalue weighted by Gasteiger charge is 2.14. The minimum Gasteiger partial charge on any atom is -0.474 e. The molecule has 0 aliphatic carbocycles. The Morgan fingerprint density at radius 1 is 1.19 bits per heavy atom. The summed E-state index contributed by atoms with van der Waals surface area (Å²) < 4.78 is 46.3. The summed E-state index contributed by atoms with van der Waals surface area (Å²) in [6.07, 6.45) is 0.0764. The van der Waals surface area contributed by atoms with Gasteiger partial charge in [0.15, 0.2) is 28.9 Å². The summed E-state index contributed by atoms with van der Waals surface area (Å²) in [4.78, 5) is 12.0. The Labute approximate surface area is 152 Å². The molecule has 2 heterocycles. The molecule has 3 rings (SSSR count). The number of ether oxygens (including phenoxy) is 1. The Hall–Kier alpha value is -3.17. The summed E-state index contributed by atoms with van der Waals surface area (Å²) in [7, 11) is 0. The minimum atomic E-state index is -1.59. The van der Waals surface area contributed by atoms with Crippen LogP contribution < -0.4 is 10.1 Å². The summed E-state index contributed by atoms with van der Waals surface area (Å²) in [6.45, 7) is 3.73. The van der Waals surface area contributed by atoms with Gasteiger partial charge in [-0.15, -0.1) is 15.3 Å². The van der Waals surface area contributed by atoms with E-state index in [2.05, 4.69) is 20.6 Å². The molecule has 0 bridgehead atoms. The highest BCUT2D eigenvalue weighted by molar-refractivity contribution is 5.90. The molecule has 0 unspecified atom stereocenters. The zero-order valence-corrected chi connectivity index (χ0v) is 14.5. The van der Waals surface area contributed by atoms with E-state index in [1.165, 1.54) is 4.52 Å². The van der Waals surface area contributed by atoms with Gasteiger partial charge in [0.25, 0.3) is 0 Å². The van der Waals surface area contributed by atoms with Crippen molar-refractivity contribution in [2.24, 2.45) is 0 Å². The normalized spacial score (nSPS) is 11.2. The van der Waals surface area contributed by atoms with E-state index in [4.69, 9.17) is 4.74 Å². The van der Waals surface area contributed by atoms with Gasteiger partial charge in [-0.25, -0.2) is 13.2 Å². The van der Waals surface area contributed by atoms with Crippen LogP contribution in [0, 0.1) is 17.5 Å². The van der Waals surface area contributed by atoms with Crippen molar-refractivity contribution >= 4 is 17.2 Å². The van der Waals surface area contributed by atoms with Crippen molar-refractivity contribution in [3.8, 4) is 5.88 Å². The van der Waals surface area contributed by atoms with Gasteiger partial charge in [0.2, 0.25) is 11.8 Å². The Kier molecular flexibility index (Phi) is 5.24. The maximum atomic E-state index is 13.2. The number of hydrogen-bond donors (Lipinski definition) is 1. The van der Waals surface area contributed by atoms with Gasteiger partial charge < -0.3 is 10.1 Å². The van der Waals surface area contributed by atoms with Crippen molar-refractivity contribution in [3.05, 3.63) is 47.5 Å². The summed E-state index contributed by atoms with van der Waals surface area (Å²) in [5, 5.41) is 14.5. The van der Waals surface area contributed by atoms with Crippen LogP contribution in [0.3, 0.4) is 0 Å². The van der Waals surface area contributed by atoms with E-state index >= 15 is 0 Å². The molecule has 10 heteroatoms. The number of aromatic nitrogens is 4. The van der Waals surface area contributed by atoms with Gasteiger partial charge in [-0.05, 0) is 19.9 Å². The van der Waals surface area contributed by atoms with Crippen LogP contribution in [-0.2, 0) is 11.2 Å². The van der Waals surface area contributed by atoms with E-state index in [0.717, 1.165) is 0 Å². The van der Waals surface area contributed by atoms with E-state index in [9.17, 15) is 18.0 Å². The van der Waals surface area contributed by atoms with E-state index < -0.39 is 23.4 Å². The molecule has 1 amide bonds. The number of halogens is 3. The molecule has 1 aromatic carbocycles. The fraction of sp³-hybridized carbons (Fsp3) is 0.294. The lowest BCUT2D eigenvalue weighted by Gasteiger charge is -2.08. The first-order chi connectivity index (χ1) is 12.8. The second kappa shape index (κ2) is 7.60. The first kappa shape index (κ1) is 18.6. The number of aryl methyl sites for hydroxylation is 1. The van der Waals surface area contributed by atoms with E-state index in [1.807, 2.05) is 13.8 Å². The highest BCUT2D eigenvalue weighted by Crippen LogP contribution is 2.18. The number of carbonyl (C=O) groups excluding carboxylic acids is 1. The highest BCUT2D eigenvalue weighted by atomic mass is 19.2.